The highest BCUT2D eigenvalue weighted by molar-refractivity contribution is 9.10. The summed E-state index contributed by atoms with van der Waals surface area (Å²) < 4.78 is 29.2. The number of nitrogens with one attached hydrogen (secondary N) is 1. The summed E-state index contributed by atoms with van der Waals surface area (Å²) in [6, 6.07) is 6.84. The summed E-state index contributed by atoms with van der Waals surface area (Å²) in [6.45, 7) is -0.364. The minimum Gasteiger partial charge on any atom is -0.493 e. The van der Waals surface area contributed by atoms with Crippen LogP contribution in [-0.4, -0.2) is 44.6 Å². The maximum atomic E-state index is 13.6. The van der Waals surface area contributed by atoms with E-state index in [4.69, 9.17) is 9.47 Å². The van der Waals surface area contributed by atoms with Crippen molar-refractivity contribution in [3.63, 3.8) is 0 Å². The Morgan fingerprint density at radius 3 is 2.59 bits per heavy atom. The fraction of sp³-hybridized carbons (Fsp3) is 0.143. The average Bonchev–Trinajstić information content (AvgIpc) is 2.75. The molecule has 1 heterocycles. The van der Waals surface area contributed by atoms with Gasteiger partial charge in [-0.25, -0.2) is 18.9 Å². The zero-order valence-electron chi connectivity index (χ0n) is 16.8. The topological polar surface area (TPSA) is 111 Å². The van der Waals surface area contributed by atoms with Crippen LogP contribution in [-0.2, 0) is 19.1 Å². The van der Waals surface area contributed by atoms with Gasteiger partial charge >= 0.3 is 12.0 Å². The van der Waals surface area contributed by atoms with Crippen molar-refractivity contribution in [2.75, 3.05) is 25.7 Å². The minimum absolute atomic E-state index is 0.0313. The predicted octanol–water partition coefficient (Wildman–Crippen LogP) is 2.82. The van der Waals surface area contributed by atoms with Crippen LogP contribution in [0.2, 0.25) is 0 Å². The smallest absolute Gasteiger partial charge is 0.343 e. The summed E-state index contributed by atoms with van der Waals surface area (Å²) in [5, 5.41) is 2.06. The van der Waals surface area contributed by atoms with Gasteiger partial charge in [0.05, 0.1) is 24.4 Å². The molecular formula is C21H16BrFN2O7. The van der Waals surface area contributed by atoms with Crippen molar-refractivity contribution in [1.82, 2.24) is 5.32 Å². The Kier molecular flexibility index (Phi) is 6.89. The number of ether oxygens (including phenoxy) is 3. The third-order valence-corrected chi connectivity index (χ3v) is 4.88. The first-order valence-corrected chi connectivity index (χ1v) is 9.78. The molecule has 0 bridgehead atoms. The van der Waals surface area contributed by atoms with Gasteiger partial charge in [-0.3, -0.25) is 14.9 Å². The second-order valence-electron chi connectivity index (χ2n) is 6.34. The van der Waals surface area contributed by atoms with E-state index in [1.807, 2.05) is 0 Å². The number of barbiturate groups is 1. The Morgan fingerprint density at radius 1 is 1.19 bits per heavy atom. The summed E-state index contributed by atoms with van der Waals surface area (Å²) in [5.41, 5.74) is -0.0338. The summed E-state index contributed by atoms with van der Waals surface area (Å²) in [5.74, 6) is -2.68. The molecule has 4 amide bonds. The Hall–Kier alpha value is -3.73. The fourth-order valence-electron chi connectivity index (χ4n) is 2.83. The third kappa shape index (κ3) is 4.78. The van der Waals surface area contributed by atoms with Crippen LogP contribution >= 0.6 is 15.9 Å². The number of carbonyl (C=O) groups is 4. The van der Waals surface area contributed by atoms with Crippen LogP contribution < -0.4 is 19.7 Å². The van der Waals surface area contributed by atoms with Gasteiger partial charge in [-0.1, -0.05) is 6.07 Å². The highest BCUT2D eigenvalue weighted by Crippen LogP contribution is 2.37. The number of esters is 1. The van der Waals surface area contributed by atoms with Gasteiger partial charge in [0.2, 0.25) is 0 Å². The molecule has 1 aliphatic rings. The fourth-order valence-corrected chi connectivity index (χ4v) is 3.40. The molecule has 0 atom stereocenters. The van der Waals surface area contributed by atoms with Crippen molar-refractivity contribution in [2.24, 2.45) is 0 Å². The zero-order chi connectivity index (χ0) is 23.4. The van der Waals surface area contributed by atoms with E-state index in [1.54, 1.807) is 0 Å². The Labute approximate surface area is 189 Å². The molecule has 3 rings (SSSR count). The molecular weight excluding hydrogens is 491 g/mol. The summed E-state index contributed by atoms with van der Waals surface area (Å²) in [6.07, 6.45) is 1.24. The van der Waals surface area contributed by atoms with E-state index in [0.717, 1.165) is 12.1 Å². The number of benzene rings is 2. The van der Waals surface area contributed by atoms with Gasteiger partial charge in [-0.2, -0.15) is 0 Å². The first-order chi connectivity index (χ1) is 15.2. The van der Waals surface area contributed by atoms with Crippen LogP contribution in [0.4, 0.5) is 14.9 Å². The monoisotopic (exact) mass is 506 g/mol. The van der Waals surface area contributed by atoms with Crippen LogP contribution in [0.5, 0.6) is 11.5 Å². The van der Waals surface area contributed by atoms with Gasteiger partial charge < -0.3 is 14.2 Å². The van der Waals surface area contributed by atoms with E-state index in [-0.39, 0.29) is 29.4 Å². The number of imide groups is 2. The van der Waals surface area contributed by atoms with Crippen molar-refractivity contribution < 1.29 is 37.8 Å². The molecule has 0 radical (unpaired) electrons. The van der Waals surface area contributed by atoms with Crippen molar-refractivity contribution in [2.45, 2.75) is 0 Å². The molecule has 0 spiro atoms. The zero-order valence-corrected chi connectivity index (χ0v) is 18.4. The van der Waals surface area contributed by atoms with Gasteiger partial charge in [-0.15, -0.1) is 0 Å². The van der Waals surface area contributed by atoms with Crippen molar-refractivity contribution in [3.8, 4) is 11.5 Å². The average molecular weight is 507 g/mol. The van der Waals surface area contributed by atoms with Gasteiger partial charge in [0.1, 0.15) is 11.4 Å². The highest BCUT2D eigenvalue weighted by atomic mass is 79.9. The van der Waals surface area contributed by atoms with Gasteiger partial charge in [0, 0.05) is 0 Å². The third-order valence-electron chi connectivity index (χ3n) is 4.29. The first kappa shape index (κ1) is 22.9. The van der Waals surface area contributed by atoms with E-state index < -0.39 is 29.6 Å². The molecule has 9 nitrogen and oxygen atoms in total. The molecule has 1 N–H and O–H groups in total. The molecule has 1 fully saturated rings. The number of methoxy groups -OCH3 is 2. The normalized spacial score (nSPS) is 14.9. The highest BCUT2D eigenvalue weighted by Gasteiger charge is 2.37. The van der Waals surface area contributed by atoms with E-state index in [0.29, 0.717) is 14.9 Å². The van der Waals surface area contributed by atoms with Gasteiger partial charge in [0.25, 0.3) is 11.8 Å². The van der Waals surface area contributed by atoms with Crippen LogP contribution in [0.25, 0.3) is 6.08 Å². The molecule has 11 heteroatoms. The van der Waals surface area contributed by atoms with Crippen LogP contribution in [0.3, 0.4) is 0 Å². The molecule has 0 aromatic heterocycles. The van der Waals surface area contributed by atoms with Gasteiger partial charge in [0.15, 0.2) is 18.1 Å². The van der Waals surface area contributed by atoms with Crippen LogP contribution in [0.1, 0.15) is 5.56 Å². The Balaban J connectivity index is 1.97. The second-order valence-corrected chi connectivity index (χ2v) is 7.19. The number of urea groups is 1. The van der Waals surface area contributed by atoms with E-state index in [9.17, 15) is 23.6 Å². The quantitative estimate of drug-likeness (QED) is 0.364. The summed E-state index contributed by atoms with van der Waals surface area (Å²) >= 11 is 3.29. The molecule has 2 aromatic rings. The van der Waals surface area contributed by atoms with E-state index >= 15 is 0 Å². The van der Waals surface area contributed by atoms with Gasteiger partial charge in [-0.05, 0) is 57.9 Å². The lowest BCUT2D eigenvalue weighted by molar-refractivity contribution is -0.143. The van der Waals surface area contributed by atoms with E-state index in [1.165, 1.54) is 44.6 Å². The SMILES string of the molecule is COC(=O)COc1c(Br)cc(/C=C2\C(=O)NC(=O)N(c3cccc(F)c3)C2=O)cc1OC. The maximum absolute atomic E-state index is 13.6. The van der Waals surface area contributed by atoms with Crippen molar-refractivity contribution in [3.05, 3.63) is 57.8 Å². The predicted molar refractivity (Wildman–Crippen MR) is 114 cm³/mol. The lowest BCUT2D eigenvalue weighted by Crippen LogP contribution is -2.54. The molecule has 0 aliphatic carbocycles. The maximum Gasteiger partial charge on any atom is 0.343 e. The first-order valence-electron chi connectivity index (χ1n) is 8.99. The largest absolute Gasteiger partial charge is 0.493 e. The number of anilines is 1. The summed E-state index contributed by atoms with van der Waals surface area (Å²) in [4.78, 5) is 49.5. The van der Waals surface area contributed by atoms with Crippen molar-refractivity contribution in [1.29, 1.82) is 0 Å². The number of nitrogens with zero attached hydrogens (tertiary/aromatic N) is 1. The number of amides is 4. The molecule has 32 heavy (non-hydrogen) atoms. The number of hydrogen-bond acceptors (Lipinski definition) is 7. The minimum atomic E-state index is -0.993. The number of hydrogen-bond donors (Lipinski definition) is 1. The molecule has 1 aliphatic heterocycles. The molecule has 0 saturated carbocycles. The van der Waals surface area contributed by atoms with Crippen molar-refractivity contribution >= 4 is 51.5 Å². The summed E-state index contributed by atoms with van der Waals surface area (Å²) in [7, 11) is 2.59. The van der Waals surface area contributed by atoms with Crippen LogP contribution in [0.15, 0.2) is 46.4 Å². The molecule has 1 saturated heterocycles. The van der Waals surface area contributed by atoms with E-state index in [2.05, 4.69) is 26.0 Å². The second kappa shape index (κ2) is 9.60. The van der Waals surface area contributed by atoms with Crippen LogP contribution in [0, 0.1) is 5.82 Å². The molecule has 0 unspecified atom stereocenters. The lowest BCUT2D eigenvalue weighted by atomic mass is 10.1. The lowest BCUT2D eigenvalue weighted by Gasteiger charge is -2.26. The number of rotatable bonds is 6. The standard InChI is InChI=1S/C21H16BrFN2O7/c1-30-16-8-11(7-15(22)18(16)32-10-17(26)31-2)6-14-19(27)24-21(29)25(20(14)28)13-5-3-4-12(23)9-13/h3-9H,10H2,1-2H3,(H,24,27,29)/b14-6+. The molecule has 2 aromatic carbocycles. The number of halogens is 2. The number of carbonyl (C=O) groups excluding carboxylic acids is 4. The molecule has 166 valence electrons. The Bertz CT molecular complexity index is 1150. The Morgan fingerprint density at radius 2 is 1.94 bits per heavy atom.